The van der Waals surface area contributed by atoms with Crippen LogP contribution in [-0.4, -0.2) is 47.5 Å². The van der Waals surface area contributed by atoms with E-state index in [0.29, 0.717) is 50.7 Å². The Morgan fingerprint density at radius 1 is 1.25 bits per heavy atom. The highest BCUT2D eigenvalue weighted by atomic mass is 35.5. The molecule has 0 radical (unpaired) electrons. The van der Waals surface area contributed by atoms with Crippen LogP contribution in [0.2, 0.25) is 5.02 Å². The molecule has 2 atom stereocenters. The molecule has 1 aromatic carbocycles. The maximum absolute atomic E-state index is 14.2. The molecule has 0 amide bonds. The molecular formula is C23H29ClF2N4O2. The summed E-state index contributed by atoms with van der Waals surface area (Å²) in [5.74, 6) is -0.674. The molecule has 0 bridgehead atoms. The Morgan fingerprint density at radius 3 is 2.62 bits per heavy atom. The molecule has 32 heavy (non-hydrogen) atoms. The number of benzene rings is 1. The minimum Gasteiger partial charge on any atom is -0.382 e. The van der Waals surface area contributed by atoms with Crippen LogP contribution in [0.3, 0.4) is 0 Å². The number of hydrogen-bond donors (Lipinski definition) is 1. The largest absolute Gasteiger partial charge is 0.382 e. The first-order chi connectivity index (χ1) is 15.5. The normalized spacial score (nSPS) is 21.4. The van der Waals surface area contributed by atoms with E-state index in [4.69, 9.17) is 16.3 Å². The third-order valence-corrected chi connectivity index (χ3v) is 6.95. The third kappa shape index (κ3) is 4.97. The third-order valence-electron chi connectivity index (χ3n) is 6.59. The average molecular weight is 467 g/mol. The van der Waals surface area contributed by atoms with Gasteiger partial charge in [0, 0.05) is 37.8 Å². The summed E-state index contributed by atoms with van der Waals surface area (Å²) in [5, 5.41) is 7.75. The lowest BCUT2D eigenvalue weighted by Crippen LogP contribution is -2.40. The SMILES string of the molecule is CC(c1c(F)cccc1F)N1CCC(n2ncc(NCC3CCCOC3)c(Cl)c2=O)CC1. The predicted octanol–water partition coefficient (Wildman–Crippen LogP) is 4.41. The Hall–Kier alpha value is -2.03. The van der Waals surface area contributed by atoms with Crippen LogP contribution in [0.1, 0.15) is 50.3 Å². The Morgan fingerprint density at radius 2 is 1.97 bits per heavy atom. The molecule has 2 aromatic rings. The van der Waals surface area contributed by atoms with Crippen LogP contribution in [-0.2, 0) is 4.74 Å². The second-order valence-corrected chi connectivity index (χ2v) is 9.04. The Kier molecular flexibility index (Phi) is 7.43. The summed E-state index contributed by atoms with van der Waals surface area (Å²) >= 11 is 6.37. The van der Waals surface area contributed by atoms with Crippen LogP contribution in [0, 0.1) is 17.6 Å². The molecule has 0 spiro atoms. The quantitative estimate of drug-likeness (QED) is 0.683. The van der Waals surface area contributed by atoms with Crippen LogP contribution in [0.15, 0.2) is 29.2 Å². The molecule has 9 heteroatoms. The van der Waals surface area contributed by atoms with Crippen LogP contribution in [0.25, 0.3) is 0 Å². The molecule has 0 saturated carbocycles. The van der Waals surface area contributed by atoms with Gasteiger partial charge in [0.25, 0.3) is 5.56 Å². The minimum atomic E-state index is -0.535. The molecule has 2 aliphatic heterocycles. The zero-order valence-corrected chi connectivity index (χ0v) is 19.0. The number of anilines is 1. The fourth-order valence-electron chi connectivity index (χ4n) is 4.66. The summed E-state index contributed by atoms with van der Waals surface area (Å²) < 4.78 is 35.3. The highest BCUT2D eigenvalue weighted by molar-refractivity contribution is 6.32. The van der Waals surface area contributed by atoms with Crippen molar-refractivity contribution in [3.8, 4) is 0 Å². The van der Waals surface area contributed by atoms with E-state index in [-0.39, 0.29) is 28.2 Å². The Balaban J connectivity index is 1.39. The smallest absolute Gasteiger partial charge is 0.287 e. The van der Waals surface area contributed by atoms with E-state index in [9.17, 15) is 13.6 Å². The highest BCUT2D eigenvalue weighted by Crippen LogP contribution is 2.31. The molecule has 2 unspecified atom stereocenters. The summed E-state index contributed by atoms with van der Waals surface area (Å²) in [6.45, 7) is 5.22. The van der Waals surface area contributed by atoms with Gasteiger partial charge in [-0.3, -0.25) is 9.69 Å². The van der Waals surface area contributed by atoms with Gasteiger partial charge in [0.2, 0.25) is 0 Å². The van der Waals surface area contributed by atoms with Crippen LogP contribution < -0.4 is 10.9 Å². The van der Waals surface area contributed by atoms with E-state index in [2.05, 4.69) is 10.4 Å². The monoisotopic (exact) mass is 466 g/mol. The molecule has 0 aliphatic carbocycles. The predicted molar refractivity (Wildman–Crippen MR) is 120 cm³/mol. The number of likely N-dealkylation sites (tertiary alicyclic amines) is 1. The van der Waals surface area contributed by atoms with E-state index >= 15 is 0 Å². The number of nitrogens with zero attached hydrogens (tertiary/aromatic N) is 3. The standard InChI is InChI=1S/C23H29ClF2N4O2/c1-15(21-18(25)5-2-6-19(21)26)29-9-7-17(8-10-29)30-23(31)22(24)20(13-28-30)27-12-16-4-3-11-32-14-16/h2,5-6,13,15-17,27H,3-4,7-12,14H2,1H3. The second-order valence-electron chi connectivity index (χ2n) is 8.66. The Labute approximate surface area is 191 Å². The molecule has 1 aromatic heterocycles. The van der Waals surface area contributed by atoms with Crippen molar-refractivity contribution in [3.05, 3.63) is 57.0 Å². The van der Waals surface area contributed by atoms with Gasteiger partial charge in [-0.15, -0.1) is 0 Å². The summed E-state index contributed by atoms with van der Waals surface area (Å²) in [7, 11) is 0. The van der Waals surface area contributed by atoms with Gasteiger partial charge in [0.1, 0.15) is 16.7 Å². The molecule has 4 rings (SSSR count). The highest BCUT2D eigenvalue weighted by Gasteiger charge is 2.29. The number of piperidine rings is 1. The van der Waals surface area contributed by atoms with Gasteiger partial charge >= 0.3 is 0 Å². The molecule has 3 heterocycles. The maximum Gasteiger partial charge on any atom is 0.287 e. The lowest BCUT2D eigenvalue weighted by atomic mass is 9.99. The molecule has 2 saturated heterocycles. The van der Waals surface area contributed by atoms with Crippen molar-refractivity contribution in [3.63, 3.8) is 0 Å². The van der Waals surface area contributed by atoms with E-state index in [1.165, 1.54) is 22.9 Å². The van der Waals surface area contributed by atoms with Crippen LogP contribution >= 0.6 is 11.6 Å². The Bertz CT molecular complexity index is 968. The van der Waals surface area contributed by atoms with Crippen molar-refractivity contribution in [2.24, 2.45) is 5.92 Å². The van der Waals surface area contributed by atoms with E-state index < -0.39 is 11.6 Å². The zero-order valence-electron chi connectivity index (χ0n) is 18.2. The molecule has 174 valence electrons. The molecular weight excluding hydrogens is 438 g/mol. The summed E-state index contributed by atoms with van der Waals surface area (Å²) in [4.78, 5) is 14.9. The number of ether oxygens (including phenoxy) is 1. The van der Waals surface area contributed by atoms with Crippen molar-refractivity contribution in [2.75, 3.05) is 38.2 Å². The summed E-state index contributed by atoms with van der Waals surface area (Å²) in [5.41, 5.74) is 0.311. The first-order valence-electron chi connectivity index (χ1n) is 11.2. The number of halogens is 3. The number of hydrogen-bond acceptors (Lipinski definition) is 5. The topological polar surface area (TPSA) is 59.4 Å². The first kappa shape index (κ1) is 23.1. The van der Waals surface area contributed by atoms with Gasteiger partial charge in [-0.05, 0) is 50.7 Å². The summed E-state index contributed by atoms with van der Waals surface area (Å²) in [6.07, 6.45) is 5.03. The fraction of sp³-hybridized carbons (Fsp3) is 0.565. The first-order valence-corrected chi connectivity index (χ1v) is 11.6. The van der Waals surface area contributed by atoms with Gasteiger partial charge in [-0.1, -0.05) is 17.7 Å². The number of aromatic nitrogens is 2. The summed E-state index contributed by atoms with van der Waals surface area (Å²) in [6, 6.07) is 3.44. The van der Waals surface area contributed by atoms with Crippen molar-refractivity contribution < 1.29 is 13.5 Å². The van der Waals surface area contributed by atoms with Crippen molar-refractivity contribution in [1.82, 2.24) is 14.7 Å². The maximum atomic E-state index is 14.2. The molecule has 2 fully saturated rings. The van der Waals surface area contributed by atoms with E-state index in [1.807, 2.05) is 4.90 Å². The van der Waals surface area contributed by atoms with Gasteiger partial charge in [0.05, 0.1) is 24.5 Å². The van der Waals surface area contributed by atoms with Gasteiger partial charge in [-0.2, -0.15) is 5.10 Å². The second kappa shape index (κ2) is 10.3. The van der Waals surface area contributed by atoms with Crippen molar-refractivity contribution in [2.45, 2.75) is 44.7 Å². The van der Waals surface area contributed by atoms with E-state index in [1.54, 1.807) is 13.1 Å². The molecule has 6 nitrogen and oxygen atoms in total. The van der Waals surface area contributed by atoms with Crippen molar-refractivity contribution >= 4 is 17.3 Å². The van der Waals surface area contributed by atoms with Gasteiger partial charge in [-0.25, -0.2) is 13.5 Å². The molecule has 1 N–H and O–H groups in total. The number of rotatable bonds is 6. The van der Waals surface area contributed by atoms with Gasteiger partial charge < -0.3 is 10.1 Å². The lowest BCUT2D eigenvalue weighted by Gasteiger charge is -2.36. The molecule has 2 aliphatic rings. The minimum absolute atomic E-state index is 0.0862. The average Bonchev–Trinajstić information content (AvgIpc) is 2.81. The van der Waals surface area contributed by atoms with Crippen molar-refractivity contribution in [1.29, 1.82) is 0 Å². The van der Waals surface area contributed by atoms with Crippen LogP contribution in [0.4, 0.5) is 14.5 Å². The van der Waals surface area contributed by atoms with Crippen LogP contribution in [0.5, 0.6) is 0 Å². The van der Waals surface area contributed by atoms with E-state index in [0.717, 1.165) is 19.4 Å². The fourth-order valence-corrected chi connectivity index (χ4v) is 4.86. The van der Waals surface area contributed by atoms with Gasteiger partial charge in [0.15, 0.2) is 0 Å². The zero-order chi connectivity index (χ0) is 22.7. The lowest BCUT2D eigenvalue weighted by molar-refractivity contribution is 0.0595. The number of nitrogens with one attached hydrogen (secondary N) is 1.